The molecule has 0 unspecified atom stereocenters. The van der Waals surface area contributed by atoms with Crippen molar-refractivity contribution in [3.63, 3.8) is 0 Å². The Balaban J connectivity index is 2.62. The maximum Gasteiger partial charge on any atom is 0.404 e. The zero-order chi connectivity index (χ0) is 13.5. The Morgan fingerprint density at radius 2 is 2.28 bits per heavy atom. The molecule has 0 aromatic heterocycles. The van der Waals surface area contributed by atoms with Gasteiger partial charge in [-0.05, 0) is 6.07 Å². The van der Waals surface area contributed by atoms with E-state index < -0.39 is 11.0 Å². The molecular weight excluding hydrogens is 242 g/mol. The molecule has 18 heavy (non-hydrogen) atoms. The number of carbonyl (C=O) groups excluding carboxylic acids is 1. The Bertz CT molecular complexity index is 449. The van der Waals surface area contributed by atoms with Crippen LogP contribution in [0.15, 0.2) is 18.2 Å². The highest BCUT2D eigenvalue weighted by atomic mass is 16.6. The van der Waals surface area contributed by atoms with Crippen molar-refractivity contribution in [1.82, 2.24) is 0 Å². The van der Waals surface area contributed by atoms with E-state index in [1.165, 1.54) is 25.3 Å². The minimum absolute atomic E-state index is 0.106. The predicted molar refractivity (Wildman–Crippen MR) is 63.7 cm³/mol. The molecule has 98 valence electrons. The third-order valence-electron chi connectivity index (χ3n) is 2.05. The summed E-state index contributed by atoms with van der Waals surface area (Å²) in [5.41, 5.74) is 5.29. The number of hydrogen-bond donors (Lipinski definition) is 2. The lowest BCUT2D eigenvalue weighted by Gasteiger charge is -2.08. The molecule has 1 aromatic rings. The molecule has 0 bridgehead atoms. The summed E-state index contributed by atoms with van der Waals surface area (Å²) < 4.78 is 9.42. The summed E-state index contributed by atoms with van der Waals surface area (Å²) in [6.45, 7) is 0.443. The monoisotopic (exact) mass is 255 g/mol. The number of nitrogens with two attached hydrogens (primary N) is 1. The third-order valence-corrected chi connectivity index (χ3v) is 2.05. The van der Waals surface area contributed by atoms with E-state index in [0.29, 0.717) is 12.2 Å². The van der Waals surface area contributed by atoms with E-state index in [-0.39, 0.29) is 18.0 Å². The molecule has 0 aliphatic carbocycles. The summed E-state index contributed by atoms with van der Waals surface area (Å²) in [6, 6.07) is 4.35. The van der Waals surface area contributed by atoms with Crippen LogP contribution in [0.5, 0.6) is 5.75 Å². The van der Waals surface area contributed by atoms with Gasteiger partial charge >= 0.3 is 11.8 Å². The summed E-state index contributed by atoms with van der Waals surface area (Å²) in [4.78, 5) is 20.4. The number of hydrogen-bond acceptors (Lipinski definition) is 6. The second kappa shape index (κ2) is 6.28. The fourth-order valence-electron chi connectivity index (χ4n) is 1.29. The summed E-state index contributed by atoms with van der Waals surface area (Å²) in [5.74, 6) is 0.154. The van der Waals surface area contributed by atoms with Gasteiger partial charge in [0.2, 0.25) is 0 Å². The number of benzene rings is 1. The maximum atomic E-state index is 10.7. The van der Waals surface area contributed by atoms with Crippen LogP contribution >= 0.6 is 0 Å². The van der Waals surface area contributed by atoms with Gasteiger partial charge in [-0.3, -0.25) is 10.1 Å². The molecule has 0 fully saturated rings. The second-order valence-corrected chi connectivity index (χ2v) is 3.24. The van der Waals surface area contributed by atoms with Gasteiger partial charge in [-0.15, -0.1) is 0 Å². The highest BCUT2D eigenvalue weighted by Gasteiger charge is 2.14. The van der Waals surface area contributed by atoms with Crippen LogP contribution in [0, 0.1) is 10.1 Å². The lowest BCUT2D eigenvalue weighted by Crippen LogP contribution is -2.18. The quantitative estimate of drug-likeness (QED) is 0.446. The van der Waals surface area contributed by atoms with Crippen LogP contribution in [0.1, 0.15) is 0 Å². The number of methoxy groups -OCH3 is 1. The highest BCUT2D eigenvalue weighted by molar-refractivity contribution is 5.64. The average molecular weight is 255 g/mol. The van der Waals surface area contributed by atoms with Crippen molar-refractivity contribution in [1.29, 1.82) is 0 Å². The Labute approximate surface area is 103 Å². The van der Waals surface area contributed by atoms with Gasteiger partial charge in [0.15, 0.2) is 5.75 Å². The molecular formula is C10H13N3O5. The van der Waals surface area contributed by atoms with E-state index in [1.807, 2.05) is 0 Å². The van der Waals surface area contributed by atoms with Crippen molar-refractivity contribution < 1.29 is 19.2 Å². The molecule has 0 saturated carbocycles. The molecule has 0 aliphatic heterocycles. The van der Waals surface area contributed by atoms with E-state index >= 15 is 0 Å². The fraction of sp³-hybridized carbons (Fsp3) is 0.300. The summed E-state index contributed by atoms with van der Waals surface area (Å²) in [6.07, 6.45) is -0.849. The molecule has 0 heterocycles. The van der Waals surface area contributed by atoms with Crippen LogP contribution in [-0.4, -0.2) is 31.3 Å². The first-order valence-corrected chi connectivity index (χ1v) is 5.03. The van der Waals surface area contributed by atoms with Crippen molar-refractivity contribution >= 4 is 17.5 Å². The molecule has 1 rings (SSSR count). The zero-order valence-electron chi connectivity index (χ0n) is 9.71. The lowest BCUT2D eigenvalue weighted by molar-refractivity contribution is -0.385. The van der Waals surface area contributed by atoms with Gasteiger partial charge in [-0.2, -0.15) is 0 Å². The van der Waals surface area contributed by atoms with E-state index in [1.54, 1.807) is 0 Å². The number of rotatable bonds is 6. The summed E-state index contributed by atoms with van der Waals surface area (Å²) >= 11 is 0. The number of primary amides is 1. The normalized spacial score (nSPS) is 9.61. The van der Waals surface area contributed by atoms with Crippen molar-refractivity contribution in [2.45, 2.75) is 0 Å². The average Bonchev–Trinajstić information content (AvgIpc) is 2.33. The van der Waals surface area contributed by atoms with E-state index in [0.717, 1.165) is 0 Å². The van der Waals surface area contributed by atoms with Crippen LogP contribution in [0.3, 0.4) is 0 Å². The van der Waals surface area contributed by atoms with Crippen molar-refractivity contribution in [3.05, 3.63) is 28.3 Å². The number of carbonyl (C=O) groups is 1. The first kappa shape index (κ1) is 13.6. The highest BCUT2D eigenvalue weighted by Crippen LogP contribution is 2.29. The predicted octanol–water partition coefficient (Wildman–Crippen LogP) is 1.11. The first-order chi connectivity index (χ1) is 8.54. The van der Waals surface area contributed by atoms with Crippen molar-refractivity contribution in [3.8, 4) is 5.75 Å². The number of nitrogens with one attached hydrogen (secondary N) is 1. The van der Waals surface area contributed by atoms with Crippen molar-refractivity contribution in [2.75, 3.05) is 25.6 Å². The van der Waals surface area contributed by atoms with Crippen LogP contribution in [0.2, 0.25) is 0 Å². The largest absolute Gasteiger partial charge is 0.490 e. The molecule has 0 atom stereocenters. The summed E-state index contributed by atoms with van der Waals surface area (Å²) in [7, 11) is 1.35. The molecule has 0 aliphatic rings. The Hall–Kier alpha value is -2.51. The van der Waals surface area contributed by atoms with Gasteiger partial charge in [0.1, 0.15) is 6.61 Å². The zero-order valence-corrected chi connectivity index (χ0v) is 9.71. The Morgan fingerprint density at radius 3 is 2.83 bits per heavy atom. The van der Waals surface area contributed by atoms with E-state index in [9.17, 15) is 14.9 Å². The summed E-state index contributed by atoms with van der Waals surface area (Å²) in [5, 5.41) is 13.6. The van der Waals surface area contributed by atoms with Crippen LogP contribution in [0.25, 0.3) is 0 Å². The number of amides is 1. The minimum Gasteiger partial charge on any atom is -0.490 e. The molecule has 0 saturated heterocycles. The van der Waals surface area contributed by atoms with Crippen LogP contribution in [0.4, 0.5) is 16.2 Å². The number of nitro groups is 1. The lowest BCUT2D eigenvalue weighted by atomic mass is 10.2. The van der Waals surface area contributed by atoms with Crippen LogP contribution < -0.4 is 15.8 Å². The standard InChI is InChI=1S/C10H13N3O5/c1-17-9-6-7(2-3-8(9)13(15)16)12-4-5-18-10(11)14/h2-3,6,12H,4-5H2,1H3,(H2,11,14). The first-order valence-electron chi connectivity index (χ1n) is 5.03. The van der Waals surface area contributed by atoms with Gasteiger partial charge in [-0.25, -0.2) is 4.79 Å². The molecule has 0 radical (unpaired) electrons. The van der Waals surface area contributed by atoms with Gasteiger partial charge in [0.05, 0.1) is 12.0 Å². The minimum atomic E-state index is -0.849. The Morgan fingerprint density at radius 1 is 1.56 bits per heavy atom. The second-order valence-electron chi connectivity index (χ2n) is 3.24. The molecule has 0 spiro atoms. The van der Waals surface area contributed by atoms with E-state index in [2.05, 4.69) is 10.1 Å². The number of nitro benzene ring substituents is 1. The van der Waals surface area contributed by atoms with Gasteiger partial charge < -0.3 is 20.5 Å². The van der Waals surface area contributed by atoms with Crippen molar-refractivity contribution in [2.24, 2.45) is 5.73 Å². The third kappa shape index (κ3) is 3.81. The van der Waals surface area contributed by atoms with Crippen LogP contribution in [-0.2, 0) is 4.74 Å². The maximum absolute atomic E-state index is 10.7. The molecule has 1 amide bonds. The SMILES string of the molecule is COc1cc(NCCOC(N)=O)ccc1[N+](=O)[O-]. The molecule has 1 aromatic carbocycles. The fourth-order valence-corrected chi connectivity index (χ4v) is 1.29. The number of anilines is 1. The molecule has 3 N–H and O–H groups in total. The van der Waals surface area contributed by atoms with E-state index in [4.69, 9.17) is 10.5 Å². The number of nitrogens with zero attached hydrogens (tertiary/aromatic N) is 1. The smallest absolute Gasteiger partial charge is 0.404 e. The van der Waals surface area contributed by atoms with Gasteiger partial charge in [0.25, 0.3) is 0 Å². The van der Waals surface area contributed by atoms with Gasteiger partial charge in [0, 0.05) is 24.4 Å². The topological polar surface area (TPSA) is 117 Å². The van der Waals surface area contributed by atoms with Gasteiger partial charge in [-0.1, -0.05) is 0 Å². The molecule has 8 nitrogen and oxygen atoms in total. The Kier molecular flexibility index (Phi) is 4.73. The number of ether oxygens (including phenoxy) is 2. The molecule has 8 heteroatoms.